The first-order valence-electron chi connectivity index (χ1n) is 4.51. The maximum atomic E-state index is 10.5. The lowest BCUT2D eigenvalue weighted by Crippen LogP contribution is -2.35. The second-order valence-electron chi connectivity index (χ2n) is 4.45. The third kappa shape index (κ3) is 2.81. The smallest absolute Gasteiger partial charge is 0.231 e. The topological polar surface area (TPSA) is 55.1 Å². The van der Waals surface area contributed by atoms with Crippen molar-refractivity contribution in [2.75, 3.05) is 6.54 Å². The van der Waals surface area contributed by atoms with E-state index in [4.69, 9.17) is 5.73 Å². The molecule has 1 saturated carbocycles. The summed E-state index contributed by atoms with van der Waals surface area (Å²) in [4.78, 5) is 10.5. The number of nitrogens with one attached hydrogen (secondary N) is 1. The molecule has 70 valence electrons. The molecule has 1 fully saturated rings. The van der Waals surface area contributed by atoms with E-state index in [0.717, 1.165) is 6.42 Å². The minimum atomic E-state index is -0.264. The minimum absolute atomic E-state index is 0.264. The van der Waals surface area contributed by atoms with Crippen LogP contribution in [0.2, 0.25) is 0 Å². The van der Waals surface area contributed by atoms with E-state index in [2.05, 4.69) is 19.2 Å². The average Bonchev–Trinajstić information content (AvgIpc) is 2.26. The standard InChI is InChI=1S/C9H18N2O/c1-9(2)4-3-7(5-9)11-6-8(10)12/h7,11H,3-6H2,1-2H3,(H2,10,12). The van der Waals surface area contributed by atoms with Crippen molar-refractivity contribution in [1.29, 1.82) is 0 Å². The number of hydrogen-bond donors (Lipinski definition) is 2. The lowest BCUT2D eigenvalue weighted by atomic mass is 9.92. The Morgan fingerprint density at radius 3 is 2.75 bits per heavy atom. The highest BCUT2D eigenvalue weighted by Crippen LogP contribution is 2.36. The van der Waals surface area contributed by atoms with Crippen LogP contribution >= 0.6 is 0 Å². The van der Waals surface area contributed by atoms with Gasteiger partial charge in [0.2, 0.25) is 5.91 Å². The van der Waals surface area contributed by atoms with Crippen LogP contribution in [0, 0.1) is 5.41 Å². The quantitative estimate of drug-likeness (QED) is 0.653. The summed E-state index contributed by atoms with van der Waals surface area (Å²) in [6, 6.07) is 0.493. The van der Waals surface area contributed by atoms with Gasteiger partial charge in [-0.2, -0.15) is 0 Å². The van der Waals surface area contributed by atoms with Gasteiger partial charge in [0, 0.05) is 6.04 Å². The highest BCUT2D eigenvalue weighted by molar-refractivity contribution is 5.75. The molecule has 1 unspecified atom stereocenters. The van der Waals surface area contributed by atoms with Crippen molar-refractivity contribution >= 4 is 5.91 Å². The summed E-state index contributed by atoms with van der Waals surface area (Å²) < 4.78 is 0. The number of hydrogen-bond acceptors (Lipinski definition) is 2. The van der Waals surface area contributed by atoms with Crippen molar-refractivity contribution in [3.8, 4) is 0 Å². The molecule has 0 aromatic heterocycles. The van der Waals surface area contributed by atoms with Crippen molar-refractivity contribution in [2.24, 2.45) is 11.1 Å². The van der Waals surface area contributed by atoms with E-state index < -0.39 is 0 Å². The number of carbonyl (C=O) groups excluding carboxylic acids is 1. The number of rotatable bonds is 3. The van der Waals surface area contributed by atoms with Crippen LogP contribution < -0.4 is 11.1 Å². The van der Waals surface area contributed by atoms with Gasteiger partial charge in [-0.15, -0.1) is 0 Å². The Bertz CT molecular complexity index is 177. The Labute approximate surface area is 73.7 Å². The fourth-order valence-corrected chi connectivity index (χ4v) is 1.86. The second-order valence-corrected chi connectivity index (χ2v) is 4.45. The van der Waals surface area contributed by atoms with Gasteiger partial charge in [0.15, 0.2) is 0 Å². The molecule has 1 rings (SSSR count). The molecule has 0 aromatic rings. The van der Waals surface area contributed by atoms with Crippen LogP contribution in [0.25, 0.3) is 0 Å². The van der Waals surface area contributed by atoms with Gasteiger partial charge in [-0.25, -0.2) is 0 Å². The molecule has 1 aliphatic carbocycles. The summed E-state index contributed by atoms with van der Waals surface area (Å²) in [6.07, 6.45) is 3.56. The fourth-order valence-electron chi connectivity index (χ4n) is 1.86. The Morgan fingerprint density at radius 1 is 1.67 bits per heavy atom. The van der Waals surface area contributed by atoms with Gasteiger partial charge in [-0.3, -0.25) is 4.79 Å². The molecule has 0 aliphatic heterocycles. The summed E-state index contributed by atoms with van der Waals surface area (Å²) in [5.41, 5.74) is 5.48. The lowest BCUT2D eigenvalue weighted by molar-refractivity contribution is -0.117. The van der Waals surface area contributed by atoms with Gasteiger partial charge in [0.25, 0.3) is 0 Å². The van der Waals surface area contributed by atoms with Gasteiger partial charge in [0.05, 0.1) is 6.54 Å². The summed E-state index contributed by atoms with van der Waals surface area (Å²) in [5, 5.41) is 3.16. The fraction of sp³-hybridized carbons (Fsp3) is 0.889. The Balaban J connectivity index is 2.24. The van der Waals surface area contributed by atoms with Crippen molar-refractivity contribution in [1.82, 2.24) is 5.32 Å². The molecule has 3 N–H and O–H groups in total. The first-order chi connectivity index (χ1) is 5.49. The van der Waals surface area contributed by atoms with Crippen molar-refractivity contribution in [2.45, 2.75) is 39.2 Å². The van der Waals surface area contributed by atoms with E-state index in [1.807, 2.05) is 0 Å². The predicted octanol–water partition coefficient (Wildman–Crippen LogP) is 0.640. The second kappa shape index (κ2) is 3.44. The van der Waals surface area contributed by atoms with E-state index in [-0.39, 0.29) is 5.91 Å². The average molecular weight is 170 g/mol. The zero-order valence-electron chi connectivity index (χ0n) is 7.89. The van der Waals surface area contributed by atoms with Gasteiger partial charge >= 0.3 is 0 Å². The summed E-state index contributed by atoms with van der Waals surface area (Å²) in [6.45, 7) is 4.85. The molecule has 0 heterocycles. The highest BCUT2D eigenvalue weighted by Gasteiger charge is 2.30. The minimum Gasteiger partial charge on any atom is -0.369 e. The molecule has 3 nitrogen and oxygen atoms in total. The maximum Gasteiger partial charge on any atom is 0.231 e. The van der Waals surface area contributed by atoms with Crippen molar-refractivity contribution in [3.63, 3.8) is 0 Å². The Morgan fingerprint density at radius 2 is 2.33 bits per heavy atom. The van der Waals surface area contributed by atoms with Crippen molar-refractivity contribution < 1.29 is 4.79 Å². The zero-order valence-corrected chi connectivity index (χ0v) is 7.89. The molecule has 0 saturated heterocycles. The van der Waals surface area contributed by atoms with Crippen LogP contribution in [0.5, 0.6) is 0 Å². The van der Waals surface area contributed by atoms with E-state index in [0.29, 0.717) is 18.0 Å². The van der Waals surface area contributed by atoms with Crippen LogP contribution in [0.15, 0.2) is 0 Å². The molecule has 1 amide bonds. The Hall–Kier alpha value is -0.570. The van der Waals surface area contributed by atoms with Crippen LogP contribution in [-0.2, 0) is 4.79 Å². The van der Waals surface area contributed by atoms with Crippen LogP contribution in [0.4, 0.5) is 0 Å². The monoisotopic (exact) mass is 170 g/mol. The molecule has 12 heavy (non-hydrogen) atoms. The molecule has 1 atom stereocenters. The van der Waals surface area contributed by atoms with Crippen LogP contribution in [0.3, 0.4) is 0 Å². The zero-order chi connectivity index (χ0) is 9.19. The summed E-state index contributed by atoms with van der Waals surface area (Å²) in [7, 11) is 0. The first kappa shape index (κ1) is 9.52. The molecule has 1 aliphatic rings. The molecule has 0 aromatic carbocycles. The third-order valence-electron chi connectivity index (χ3n) is 2.53. The first-order valence-corrected chi connectivity index (χ1v) is 4.51. The number of primary amides is 1. The van der Waals surface area contributed by atoms with Crippen molar-refractivity contribution in [3.05, 3.63) is 0 Å². The predicted molar refractivity (Wildman–Crippen MR) is 48.6 cm³/mol. The van der Waals surface area contributed by atoms with E-state index in [9.17, 15) is 4.79 Å². The van der Waals surface area contributed by atoms with Gasteiger partial charge in [-0.05, 0) is 24.7 Å². The Kier molecular flexibility index (Phi) is 2.73. The van der Waals surface area contributed by atoms with E-state index in [1.165, 1.54) is 12.8 Å². The maximum absolute atomic E-state index is 10.5. The number of amides is 1. The molecular weight excluding hydrogens is 152 g/mol. The highest BCUT2D eigenvalue weighted by atomic mass is 16.1. The lowest BCUT2D eigenvalue weighted by Gasteiger charge is -2.17. The third-order valence-corrected chi connectivity index (χ3v) is 2.53. The molecule has 3 heteroatoms. The number of nitrogens with two attached hydrogens (primary N) is 1. The largest absolute Gasteiger partial charge is 0.369 e. The molecule has 0 bridgehead atoms. The molecular formula is C9H18N2O. The number of carbonyl (C=O) groups is 1. The normalized spacial score (nSPS) is 27.3. The molecule has 0 spiro atoms. The summed E-state index contributed by atoms with van der Waals surface area (Å²) in [5.74, 6) is -0.264. The van der Waals surface area contributed by atoms with E-state index >= 15 is 0 Å². The van der Waals surface area contributed by atoms with Gasteiger partial charge < -0.3 is 11.1 Å². The SMILES string of the molecule is CC1(C)CCC(NCC(N)=O)C1. The van der Waals surface area contributed by atoms with Gasteiger partial charge in [0.1, 0.15) is 0 Å². The van der Waals surface area contributed by atoms with E-state index in [1.54, 1.807) is 0 Å². The van der Waals surface area contributed by atoms with Crippen LogP contribution in [-0.4, -0.2) is 18.5 Å². The molecule has 0 radical (unpaired) electrons. The van der Waals surface area contributed by atoms with Crippen LogP contribution in [0.1, 0.15) is 33.1 Å². The van der Waals surface area contributed by atoms with Gasteiger partial charge in [-0.1, -0.05) is 13.8 Å². The summed E-state index contributed by atoms with van der Waals surface area (Å²) >= 11 is 0.